The fourth-order valence-corrected chi connectivity index (χ4v) is 1.97. The van der Waals surface area contributed by atoms with Gasteiger partial charge in [-0.25, -0.2) is 14.8 Å². The molecule has 6 nitrogen and oxygen atoms in total. The second kappa shape index (κ2) is 5.34. The Morgan fingerprint density at radius 3 is 2.81 bits per heavy atom. The molecule has 2 aromatic heterocycles. The molecule has 0 aliphatic carbocycles. The summed E-state index contributed by atoms with van der Waals surface area (Å²) in [6, 6.07) is 6.14. The SMILES string of the molecule is O=C(O)c1ccc2c(Oc3cncc(Cl)c3)ncnc2c1. The molecule has 1 N–H and O–H groups in total. The van der Waals surface area contributed by atoms with Crippen LogP contribution >= 0.6 is 11.6 Å². The Bertz CT molecular complexity index is 839. The summed E-state index contributed by atoms with van der Waals surface area (Å²) in [6.07, 6.45) is 4.30. The van der Waals surface area contributed by atoms with Gasteiger partial charge in [0.15, 0.2) is 0 Å². The van der Waals surface area contributed by atoms with Crippen molar-refractivity contribution in [1.82, 2.24) is 15.0 Å². The number of hydrogen-bond donors (Lipinski definition) is 1. The molecule has 0 saturated heterocycles. The summed E-state index contributed by atoms with van der Waals surface area (Å²) >= 11 is 5.84. The normalized spacial score (nSPS) is 10.5. The van der Waals surface area contributed by atoms with Crippen LogP contribution in [0.1, 0.15) is 10.4 Å². The van der Waals surface area contributed by atoms with Gasteiger partial charge < -0.3 is 9.84 Å². The van der Waals surface area contributed by atoms with E-state index in [0.717, 1.165) is 0 Å². The zero-order chi connectivity index (χ0) is 14.8. The summed E-state index contributed by atoms with van der Waals surface area (Å²) in [5.74, 6) is -0.275. The van der Waals surface area contributed by atoms with Gasteiger partial charge in [0.25, 0.3) is 0 Å². The highest BCUT2D eigenvalue weighted by Gasteiger charge is 2.10. The topological polar surface area (TPSA) is 85.2 Å². The molecule has 0 bridgehead atoms. The number of hydrogen-bond acceptors (Lipinski definition) is 5. The minimum atomic E-state index is -1.02. The van der Waals surface area contributed by atoms with Crippen molar-refractivity contribution in [2.45, 2.75) is 0 Å². The maximum absolute atomic E-state index is 11.0. The molecule has 21 heavy (non-hydrogen) atoms. The number of pyridine rings is 1. The van der Waals surface area contributed by atoms with Crippen LogP contribution in [0, 0.1) is 0 Å². The molecule has 3 rings (SSSR count). The number of benzene rings is 1. The zero-order valence-corrected chi connectivity index (χ0v) is 11.3. The van der Waals surface area contributed by atoms with E-state index in [-0.39, 0.29) is 5.56 Å². The summed E-state index contributed by atoms with van der Waals surface area (Å²) in [5, 5.41) is 10.0. The van der Waals surface area contributed by atoms with Crippen molar-refractivity contribution in [3.8, 4) is 11.6 Å². The number of carbonyl (C=O) groups is 1. The van der Waals surface area contributed by atoms with Crippen LogP contribution in [0.4, 0.5) is 0 Å². The average Bonchev–Trinajstić information content (AvgIpc) is 2.47. The molecule has 104 valence electrons. The van der Waals surface area contributed by atoms with E-state index in [1.54, 1.807) is 12.1 Å². The van der Waals surface area contributed by atoms with Gasteiger partial charge in [-0.1, -0.05) is 11.6 Å². The summed E-state index contributed by atoms with van der Waals surface area (Å²) in [7, 11) is 0. The average molecular weight is 302 g/mol. The number of carboxylic acids is 1. The Hall–Kier alpha value is -2.73. The highest BCUT2D eigenvalue weighted by atomic mass is 35.5. The lowest BCUT2D eigenvalue weighted by Crippen LogP contribution is -1.97. The third kappa shape index (κ3) is 2.75. The minimum Gasteiger partial charge on any atom is -0.478 e. The number of rotatable bonds is 3. The van der Waals surface area contributed by atoms with E-state index >= 15 is 0 Å². The summed E-state index contributed by atoms with van der Waals surface area (Å²) in [4.78, 5) is 23.0. The molecular weight excluding hydrogens is 294 g/mol. The van der Waals surface area contributed by atoms with Crippen molar-refractivity contribution < 1.29 is 14.6 Å². The molecule has 0 fully saturated rings. The Balaban J connectivity index is 2.05. The molecular formula is C14H8ClN3O3. The lowest BCUT2D eigenvalue weighted by atomic mass is 10.1. The third-order valence-corrected chi connectivity index (χ3v) is 2.95. The molecule has 0 amide bonds. The molecule has 0 saturated carbocycles. The van der Waals surface area contributed by atoms with Crippen LogP contribution in [-0.2, 0) is 0 Å². The van der Waals surface area contributed by atoms with Crippen molar-refractivity contribution in [2.75, 3.05) is 0 Å². The van der Waals surface area contributed by atoms with Gasteiger partial charge in [-0.15, -0.1) is 0 Å². The van der Waals surface area contributed by atoms with Gasteiger partial charge in [-0.3, -0.25) is 4.98 Å². The molecule has 0 aliphatic heterocycles. The van der Waals surface area contributed by atoms with Gasteiger partial charge in [-0.05, 0) is 18.2 Å². The number of carboxylic acid groups (broad SMARTS) is 1. The molecule has 7 heteroatoms. The van der Waals surface area contributed by atoms with Gasteiger partial charge in [0.05, 0.1) is 27.7 Å². The number of aromatic carboxylic acids is 1. The van der Waals surface area contributed by atoms with Crippen LogP contribution in [0.25, 0.3) is 10.9 Å². The van der Waals surface area contributed by atoms with Crippen molar-refractivity contribution in [3.05, 3.63) is 53.6 Å². The van der Waals surface area contributed by atoms with E-state index in [9.17, 15) is 4.79 Å². The first-order valence-electron chi connectivity index (χ1n) is 5.90. The zero-order valence-electron chi connectivity index (χ0n) is 10.5. The first-order valence-corrected chi connectivity index (χ1v) is 6.28. The molecule has 2 heterocycles. The molecule has 0 spiro atoms. The van der Waals surface area contributed by atoms with Crippen LogP contribution in [0.2, 0.25) is 5.02 Å². The molecule has 3 aromatic rings. The number of fused-ring (bicyclic) bond motifs is 1. The number of ether oxygens (including phenoxy) is 1. The largest absolute Gasteiger partial charge is 0.478 e. The Morgan fingerprint density at radius 2 is 2.05 bits per heavy atom. The molecule has 0 aliphatic rings. The van der Waals surface area contributed by atoms with Crippen LogP contribution in [0.3, 0.4) is 0 Å². The summed E-state index contributed by atoms with van der Waals surface area (Å²) in [5.41, 5.74) is 0.631. The number of halogens is 1. The van der Waals surface area contributed by atoms with E-state index in [0.29, 0.717) is 27.6 Å². The van der Waals surface area contributed by atoms with Crippen LogP contribution in [0.5, 0.6) is 11.6 Å². The van der Waals surface area contributed by atoms with Gasteiger partial charge >= 0.3 is 5.97 Å². The molecule has 0 radical (unpaired) electrons. The minimum absolute atomic E-state index is 0.150. The van der Waals surface area contributed by atoms with Gasteiger partial charge in [-0.2, -0.15) is 0 Å². The summed E-state index contributed by atoms with van der Waals surface area (Å²) < 4.78 is 5.63. The van der Waals surface area contributed by atoms with Crippen LogP contribution < -0.4 is 4.74 Å². The van der Waals surface area contributed by atoms with Gasteiger partial charge in [0.1, 0.15) is 12.1 Å². The van der Waals surface area contributed by atoms with Gasteiger partial charge in [0.2, 0.25) is 5.88 Å². The summed E-state index contributed by atoms with van der Waals surface area (Å²) in [6.45, 7) is 0. The fourth-order valence-electron chi connectivity index (χ4n) is 1.81. The van der Waals surface area contributed by atoms with Crippen molar-refractivity contribution in [2.24, 2.45) is 0 Å². The lowest BCUT2D eigenvalue weighted by molar-refractivity contribution is 0.0697. The quantitative estimate of drug-likeness (QED) is 0.799. The predicted molar refractivity (Wildman–Crippen MR) is 75.8 cm³/mol. The third-order valence-electron chi connectivity index (χ3n) is 2.74. The van der Waals surface area contributed by atoms with Crippen molar-refractivity contribution in [1.29, 1.82) is 0 Å². The second-order valence-corrected chi connectivity index (χ2v) is 4.59. The van der Waals surface area contributed by atoms with Crippen molar-refractivity contribution >= 4 is 28.5 Å². The highest BCUT2D eigenvalue weighted by Crippen LogP contribution is 2.27. The maximum atomic E-state index is 11.0. The Kier molecular flexibility index (Phi) is 3.37. The van der Waals surface area contributed by atoms with Gasteiger partial charge in [0, 0.05) is 12.3 Å². The smallest absolute Gasteiger partial charge is 0.335 e. The maximum Gasteiger partial charge on any atom is 0.335 e. The molecule has 1 aromatic carbocycles. The monoisotopic (exact) mass is 301 g/mol. The standard InChI is InChI=1S/C14H8ClN3O3/c15-9-4-10(6-16-5-9)21-13-11-2-1-8(14(19)20)3-12(11)17-7-18-13/h1-7H,(H,19,20). The van der Waals surface area contributed by atoms with E-state index in [1.165, 1.54) is 30.9 Å². The molecule has 0 unspecified atom stereocenters. The highest BCUT2D eigenvalue weighted by molar-refractivity contribution is 6.30. The molecule has 0 atom stereocenters. The van der Waals surface area contributed by atoms with E-state index in [1.807, 2.05) is 0 Å². The van der Waals surface area contributed by atoms with Crippen LogP contribution in [0.15, 0.2) is 43.0 Å². The second-order valence-electron chi connectivity index (χ2n) is 4.16. The number of aromatic nitrogens is 3. The fraction of sp³-hybridized carbons (Fsp3) is 0. The van der Waals surface area contributed by atoms with E-state index in [2.05, 4.69) is 15.0 Å². The van der Waals surface area contributed by atoms with E-state index < -0.39 is 5.97 Å². The van der Waals surface area contributed by atoms with Crippen molar-refractivity contribution in [3.63, 3.8) is 0 Å². The Labute approximate surface area is 124 Å². The Morgan fingerprint density at radius 1 is 1.19 bits per heavy atom. The van der Waals surface area contributed by atoms with E-state index in [4.69, 9.17) is 21.4 Å². The predicted octanol–water partition coefficient (Wildman–Crippen LogP) is 3.17. The lowest BCUT2D eigenvalue weighted by Gasteiger charge is -2.07. The first kappa shape index (κ1) is 13.3. The number of nitrogens with zero attached hydrogens (tertiary/aromatic N) is 3. The first-order chi connectivity index (χ1) is 10.1. The van der Waals surface area contributed by atoms with Crippen LogP contribution in [-0.4, -0.2) is 26.0 Å².